The van der Waals surface area contributed by atoms with Crippen molar-refractivity contribution in [2.45, 2.75) is 18.3 Å². The molecule has 38 heavy (non-hydrogen) atoms. The highest BCUT2D eigenvalue weighted by atomic mass is 16.5. The third-order valence-corrected chi connectivity index (χ3v) is 7.00. The highest BCUT2D eigenvalue weighted by Gasteiger charge is 2.51. The molecule has 0 unspecified atom stereocenters. The summed E-state index contributed by atoms with van der Waals surface area (Å²) in [5, 5.41) is 6.25. The Morgan fingerprint density at radius 3 is 2.21 bits per heavy atom. The van der Waals surface area contributed by atoms with Crippen molar-refractivity contribution in [3.05, 3.63) is 108 Å². The average molecular weight is 508 g/mol. The number of rotatable bonds is 9. The summed E-state index contributed by atoms with van der Waals surface area (Å²) in [6.07, 6.45) is 5.10. The van der Waals surface area contributed by atoms with E-state index < -0.39 is 5.41 Å². The second-order valence-corrected chi connectivity index (χ2v) is 9.60. The first-order valence-electron chi connectivity index (χ1n) is 12.9. The Hall–Kier alpha value is -4.36. The summed E-state index contributed by atoms with van der Waals surface area (Å²) < 4.78 is 5.42. The smallest absolute Gasteiger partial charge is 0.235 e. The second kappa shape index (κ2) is 11.4. The molecule has 3 aromatic rings. The number of ether oxygens (including phenoxy) is 1. The molecule has 1 saturated carbocycles. The molecule has 1 amide bonds. The van der Waals surface area contributed by atoms with Crippen LogP contribution in [-0.4, -0.2) is 38.4 Å². The Morgan fingerprint density at radius 1 is 0.921 bits per heavy atom. The van der Waals surface area contributed by atoms with Crippen LogP contribution in [0.25, 0.3) is 5.70 Å². The number of amides is 1. The number of carbonyl (C=O) groups is 1. The lowest BCUT2D eigenvalue weighted by molar-refractivity contribution is -0.118. The summed E-state index contributed by atoms with van der Waals surface area (Å²) in [5.74, 6) is 0.549. The minimum Gasteiger partial charge on any atom is -0.398 e. The average Bonchev–Trinajstić information content (AvgIpc) is 3.77. The van der Waals surface area contributed by atoms with Gasteiger partial charge in [-0.25, -0.2) is 4.99 Å². The molecule has 194 valence electrons. The number of hydrogen-bond donors (Lipinski definition) is 3. The van der Waals surface area contributed by atoms with Crippen LogP contribution in [-0.2, 0) is 14.9 Å². The molecule has 0 radical (unpaired) electrons. The lowest BCUT2D eigenvalue weighted by atomic mass is 9.95. The van der Waals surface area contributed by atoms with Gasteiger partial charge in [0.25, 0.3) is 0 Å². The van der Waals surface area contributed by atoms with E-state index in [9.17, 15) is 4.79 Å². The number of morpholine rings is 1. The van der Waals surface area contributed by atoms with Crippen LogP contribution in [0.1, 0.15) is 24.0 Å². The van der Waals surface area contributed by atoms with Gasteiger partial charge in [-0.2, -0.15) is 0 Å². The molecule has 1 aliphatic carbocycles. The summed E-state index contributed by atoms with van der Waals surface area (Å²) >= 11 is 0. The van der Waals surface area contributed by atoms with Crippen LogP contribution in [0.4, 0.5) is 17.1 Å². The monoisotopic (exact) mass is 507 g/mol. The maximum Gasteiger partial charge on any atom is 0.235 e. The number of benzene rings is 3. The van der Waals surface area contributed by atoms with E-state index in [2.05, 4.69) is 39.2 Å². The first-order valence-corrected chi connectivity index (χ1v) is 12.9. The molecule has 7 heteroatoms. The number of nitrogens with zero attached hydrogens (tertiary/aromatic N) is 2. The molecule has 1 heterocycles. The number of aliphatic imine (C=N–C) groups is 1. The van der Waals surface area contributed by atoms with Crippen molar-refractivity contribution >= 4 is 34.9 Å². The zero-order valence-corrected chi connectivity index (χ0v) is 21.4. The van der Waals surface area contributed by atoms with E-state index in [1.807, 2.05) is 66.7 Å². The van der Waals surface area contributed by atoms with Crippen molar-refractivity contribution in [2.75, 3.05) is 41.8 Å². The van der Waals surface area contributed by atoms with Crippen molar-refractivity contribution in [1.82, 2.24) is 0 Å². The first-order chi connectivity index (χ1) is 18.5. The number of nitrogens with one attached hydrogen (secondary N) is 2. The van der Waals surface area contributed by atoms with Gasteiger partial charge in [0.05, 0.1) is 18.6 Å². The summed E-state index contributed by atoms with van der Waals surface area (Å²) in [6, 6.07) is 25.7. The van der Waals surface area contributed by atoms with Crippen molar-refractivity contribution in [1.29, 1.82) is 0 Å². The van der Waals surface area contributed by atoms with Gasteiger partial charge in [-0.1, -0.05) is 49.0 Å². The van der Waals surface area contributed by atoms with Crippen molar-refractivity contribution in [3.63, 3.8) is 0 Å². The molecule has 1 aliphatic heterocycles. The van der Waals surface area contributed by atoms with Gasteiger partial charge in [0.2, 0.25) is 5.91 Å². The van der Waals surface area contributed by atoms with Crippen LogP contribution >= 0.6 is 0 Å². The Labute approximate surface area is 223 Å². The van der Waals surface area contributed by atoms with Gasteiger partial charge in [0.1, 0.15) is 5.82 Å². The Kier molecular flexibility index (Phi) is 7.56. The van der Waals surface area contributed by atoms with E-state index in [1.54, 1.807) is 12.3 Å². The lowest BCUT2D eigenvalue weighted by Gasteiger charge is -2.28. The summed E-state index contributed by atoms with van der Waals surface area (Å²) in [6.45, 7) is 7.31. The molecule has 0 bridgehead atoms. The van der Waals surface area contributed by atoms with Gasteiger partial charge in [-0.05, 0) is 66.4 Å². The largest absolute Gasteiger partial charge is 0.398 e. The summed E-state index contributed by atoms with van der Waals surface area (Å²) in [7, 11) is 0. The van der Waals surface area contributed by atoms with E-state index in [0.717, 1.165) is 61.6 Å². The maximum atomic E-state index is 13.0. The minimum atomic E-state index is -0.406. The number of hydrogen-bond acceptors (Lipinski definition) is 6. The van der Waals surface area contributed by atoms with E-state index in [1.165, 1.54) is 5.69 Å². The minimum absolute atomic E-state index is 0.0360. The molecule has 2 fully saturated rings. The summed E-state index contributed by atoms with van der Waals surface area (Å²) in [4.78, 5) is 19.6. The maximum absolute atomic E-state index is 13.0. The fraction of sp³-hybridized carbons (Fsp3) is 0.226. The molecule has 0 atom stereocenters. The van der Waals surface area contributed by atoms with Crippen molar-refractivity contribution in [3.8, 4) is 0 Å². The van der Waals surface area contributed by atoms with Crippen LogP contribution in [0.2, 0.25) is 0 Å². The van der Waals surface area contributed by atoms with Gasteiger partial charge >= 0.3 is 0 Å². The SMILES string of the molecule is C=C(/N=C\C=C(/N)c1ccc(NC(=O)C2(c3ccccc3)CC2)cc1)Nc1ccc(N2CCOCC2)cc1. The van der Waals surface area contributed by atoms with Crippen LogP contribution in [0, 0.1) is 0 Å². The molecule has 4 N–H and O–H groups in total. The van der Waals surface area contributed by atoms with Gasteiger partial charge in [0, 0.05) is 42.1 Å². The van der Waals surface area contributed by atoms with Gasteiger partial charge < -0.3 is 26.0 Å². The molecule has 5 rings (SSSR count). The Bertz CT molecular complexity index is 1320. The molecular formula is C31H33N5O2. The molecule has 2 aliphatic rings. The Morgan fingerprint density at radius 2 is 1.55 bits per heavy atom. The molecule has 1 saturated heterocycles. The lowest BCUT2D eigenvalue weighted by Crippen LogP contribution is -2.36. The van der Waals surface area contributed by atoms with Crippen molar-refractivity contribution < 1.29 is 9.53 Å². The normalized spacial score (nSPS) is 16.7. The number of nitrogens with two attached hydrogens (primary N) is 1. The van der Waals surface area contributed by atoms with Crippen LogP contribution < -0.4 is 21.3 Å². The quantitative estimate of drug-likeness (QED) is 0.349. The van der Waals surface area contributed by atoms with E-state index in [-0.39, 0.29) is 5.91 Å². The highest BCUT2D eigenvalue weighted by Crippen LogP contribution is 2.48. The molecule has 7 nitrogen and oxygen atoms in total. The molecule has 0 aromatic heterocycles. The van der Waals surface area contributed by atoms with Crippen LogP contribution in [0.5, 0.6) is 0 Å². The zero-order valence-electron chi connectivity index (χ0n) is 21.4. The van der Waals surface area contributed by atoms with Gasteiger partial charge in [-0.15, -0.1) is 0 Å². The third kappa shape index (κ3) is 5.95. The fourth-order valence-electron chi connectivity index (χ4n) is 4.61. The van der Waals surface area contributed by atoms with E-state index >= 15 is 0 Å². The molecule has 0 spiro atoms. The third-order valence-electron chi connectivity index (χ3n) is 7.00. The number of allylic oxidation sites excluding steroid dienone is 1. The highest BCUT2D eigenvalue weighted by molar-refractivity contribution is 6.01. The Balaban J connectivity index is 1.13. The van der Waals surface area contributed by atoms with Crippen LogP contribution in [0.15, 0.2) is 102 Å². The van der Waals surface area contributed by atoms with Gasteiger partial charge in [0.15, 0.2) is 0 Å². The second-order valence-electron chi connectivity index (χ2n) is 9.60. The fourth-order valence-corrected chi connectivity index (χ4v) is 4.61. The molecular weight excluding hydrogens is 474 g/mol. The topological polar surface area (TPSA) is 92.0 Å². The number of carbonyl (C=O) groups excluding carboxylic acids is 1. The standard InChI is InChI=1S/C31H33N5O2/c1-23(34-26-11-13-28(14-12-26)36-19-21-38-22-20-36)33-18-15-29(32)24-7-9-27(10-8-24)35-30(37)31(16-17-31)25-5-3-2-4-6-25/h2-15,18,34H,1,16-17,19-22,32H2,(H,35,37)/b29-15-,33-18-. The predicted molar refractivity (Wildman–Crippen MR) is 155 cm³/mol. The predicted octanol–water partition coefficient (Wildman–Crippen LogP) is 5.15. The van der Waals surface area contributed by atoms with Crippen LogP contribution in [0.3, 0.4) is 0 Å². The van der Waals surface area contributed by atoms with E-state index in [0.29, 0.717) is 11.5 Å². The number of anilines is 3. The van der Waals surface area contributed by atoms with Gasteiger partial charge in [-0.3, -0.25) is 4.79 Å². The zero-order chi connectivity index (χ0) is 26.4. The summed E-state index contributed by atoms with van der Waals surface area (Å²) in [5.41, 5.74) is 11.2. The first kappa shape index (κ1) is 25.3. The van der Waals surface area contributed by atoms with Crippen molar-refractivity contribution in [2.24, 2.45) is 10.7 Å². The molecule has 3 aromatic carbocycles. The van der Waals surface area contributed by atoms with E-state index in [4.69, 9.17) is 10.5 Å².